The summed E-state index contributed by atoms with van der Waals surface area (Å²) in [7, 11) is 0. The van der Waals surface area contributed by atoms with E-state index in [1.54, 1.807) is 6.07 Å². The van der Waals surface area contributed by atoms with Crippen LogP contribution in [0, 0.1) is 0 Å². The van der Waals surface area contributed by atoms with Crippen LogP contribution in [0.15, 0.2) is 12.1 Å². The first-order chi connectivity index (χ1) is 11.5. The van der Waals surface area contributed by atoms with Crippen molar-refractivity contribution in [3.8, 4) is 0 Å². The molecule has 1 spiro atoms. The van der Waals surface area contributed by atoms with E-state index in [0.29, 0.717) is 23.7 Å². The zero-order valence-electron chi connectivity index (χ0n) is 13.3. The number of imide groups is 1. The quantitative estimate of drug-likeness (QED) is 0.783. The average molecular weight is 370 g/mol. The van der Waals surface area contributed by atoms with Gasteiger partial charge in [0, 0.05) is 17.8 Å². The Kier molecular flexibility index (Phi) is 5.10. The van der Waals surface area contributed by atoms with Gasteiger partial charge in [0.1, 0.15) is 5.54 Å². The molecule has 0 radical (unpaired) electrons. The summed E-state index contributed by atoms with van der Waals surface area (Å²) >= 11 is 7.25. The fourth-order valence-electron chi connectivity index (χ4n) is 3.31. The molecule has 1 aliphatic carbocycles. The minimum Gasteiger partial charge on any atom is -0.351 e. The van der Waals surface area contributed by atoms with E-state index in [1.165, 1.54) is 16.2 Å². The zero-order chi connectivity index (χ0) is 17.2. The molecule has 4 amide bonds. The van der Waals surface area contributed by atoms with Gasteiger partial charge in [0.05, 0.1) is 10.9 Å². The van der Waals surface area contributed by atoms with Crippen LogP contribution in [0.2, 0.25) is 4.34 Å². The van der Waals surface area contributed by atoms with Gasteiger partial charge in [0.2, 0.25) is 5.91 Å². The maximum Gasteiger partial charge on any atom is 0.325 e. The minimum atomic E-state index is -0.723. The smallest absolute Gasteiger partial charge is 0.325 e. The van der Waals surface area contributed by atoms with E-state index in [9.17, 15) is 14.4 Å². The molecule has 2 N–H and O–H groups in total. The molecule has 1 aromatic heterocycles. The highest BCUT2D eigenvalue weighted by Gasteiger charge is 2.50. The van der Waals surface area contributed by atoms with E-state index >= 15 is 0 Å². The predicted octanol–water partition coefficient (Wildman–Crippen LogP) is 2.66. The van der Waals surface area contributed by atoms with E-state index < -0.39 is 5.54 Å². The molecule has 1 saturated carbocycles. The van der Waals surface area contributed by atoms with Crippen molar-refractivity contribution < 1.29 is 14.4 Å². The third-order valence-electron chi connectivity index (χ3n) is 4.60. The summed E-state index contributed by atoms with van der Waals surface area (Å²) in [5.41, 5.74) is -0.723. The molecule has 2 heterocycles. The van der Waals surface area contributed by atoms with Crippen molar-refractivity contribution in [1.29, 1.82) is 0 Å². The first-order valence-corrected chi connectivity index (χ1v) is 9.35. The lowest BCUT2D eigenvalue weighted by atomic mass is 9.82. The van der Waals surface area contributed by atoms with Crippen LogP contribution in [0.25, 0.3) is 0 Å². The van der Waals surface area contributed by atoms with Crippen LogP contribution in [-0.4, -0.2) is 34.8 Å². The summed E-state index contributed by atoms with van der Waals surface area (Å²) < 4.78 is 0.677. The van der Waals surface area contributed by atoms with Crippen molar-refractivity contribution in [2.45, 2.75) is 50.6 Å². The molecule has 24 heavy (non-hydrogen) atoms. The Hall–Kier alpha value is -1.60. The molecule has 6 nitrogen and oxygen atoms in total. The first-order valence-electron chi connectivity index (χ1n) is 8.15. The molecule has 2 aliphatic rings. The molecule has 0 bridgehead atoms. The van der Waals surface area contributed by atoms with Crippen LogP contribution >= 0.6 is 22.9 Å². The monoisotopic (exact) mass is 369 g/mol. The third-order valence-corrected chi connectivity index (χ3v) is 5.84. The standard InChI is InChI=1S/C16H20ClN3O3S/c17-12-5-4-11(24-12)10-18-13(21)6-9-20-14(22)16(19-15(20)23)7-2-1-3-8-16/h4-5H,1-3,6-10H2,(H,18,21)(H,19,23). The number of rotatable bonds is 5. The topological polar surface area (TPSA) is 78.5 Å². The first kappa shape index (κ1) is 17.2. The van der Waals surface area contributed by atoms with Gasteiger partial charge in [-0.3, -0.25) is 14.5 Å². The Labute approximate surface area is 149 Å². The van der Waals surface area contributed by atoms with Crippen molar-refractivity contribution in [3.63, 3.8) is 0 Å². The summed E-state index contributed by atoms with van der Waals surface area (Å²) in [6, 6.07) is 3.27. The molecule has 3 rings (SSSR count). The summed E-state index contributed by atoms with van der Waals surface area (Å²) in [5.74, 6) is -0.366. The molecule has 1 aromatic rings. The highest BCUT2D eigenvalue weighted by molar-refractivity contribution is 7.16. The van der Waals surface area contributed by atoms with Gasteiger partial charge in [0.15, 0.2) is 0 Å². The van der Waals surface area contributed by atoms with Crippen LogP contribution in [-0.2, 0) is 16.1 Å². The number of hydrogen-bond donors (Lipinski definition) is 2. The summed E-state index contributed by atoms with van der Waals surface area (Å²) in [6.07, 6.45) is 4.49. The largest absolute Gasteiger partial charge is 0.351 e. The maximum atomic E-state index is 12.6. The van der Waals surface area contributed by atoms with Gasteiger partial charge < -0.3 is 10.6 Å². The van der Waals surface area contributed by atoms with Gasteiger partial charge in [-0.25, -0.2) is 4.79 Å². The second-order valence-corrected chi connectivity index (χ2v) is 8.06. The zero-order valence-corrected chi connectivity index (χ0v) is 14.8. The normalized spacial score (nSPS) is 19.6. The van der Waals surface area contributed by atoms with Gasteiger partial charge in [-0.05, 0) is 25.0 Å². The fraction of sp³-hybridized carbons (Fsp3) is 0.562. The van der Waals surface area contributed by atoms with Crippen molar-refractivity contribution in [1.82, 2.24) is 15.5 Å². The second kappa shape index (κ2) is 7.11. The number of urea groups is 1. The highest BCUT2D eigenvalue weighted by Crippen LogP contribution is 2.33. The maximum absolute atomic E-state index is 12.6. The van der Waals surface area contributed by atoms with Crippen molar-refractivity contribution >= 4 is 40.8 Å². The number of amides is 4. The number of nitrogens with zero attached hydrogens (tertiary/aromatic N) is 1. The lowest BCUT2D eigenvalue weighted by molar-refractivity contribution is -0.132. The average Bonchev–Trinajstić information content (AvgIpc) is 3.07. The second-order valence-electron chi connectivity index (χ2n) is 6.26. The van der Waals surface area contributed by atoms with Crippen molar-refractivity contribution in [2.24, 2.45) is 0 Å². The van der Waals surface area contributed by atoms with E-state index in [0.717, 1.165) is 24.1 Å². The summed E-state index contributed by atoms with van der Waals surface area (Å²) in [4.78, 5) is 38.8. The number of nitrogens with one attached hydrogen (secondary N) is 2. The summed E-state index contributed by atoms with van der Waals surface area (Å²) in [6.45, 7) is 0.518. The van der Waals surface area contributed by atoms with Gasteiger partial charge in [-0.1, -0.05) is 30.9 Å². The van der Waals surface area contributed by atoms with Crippen LogP contribution in [0.1, 0.15) is 43.4 Å². The molecule has 0 unspecified atom stereocenters. The highest BCUT2D eigenvalue weighted by atomic mass is 35.5. The van der Waals surface area contributed by atoms with Gasteiger partial charge in [0.25, 0.3) is 5.91 Å². The number of carbonyl (C=O) groups excluding carboxylic acids is 3. The molecule has 2 fully saturated rings. The Morgan fingerprint density at radius 1 is 1.29 bits per heavy atom. The lowest BCUT2D eigenvalue weighted by Crippen LogP contribution is -2.48. The van der Waals surface area contributed by atoms with Gasteiger partial charge in [-0.2, -0.15) is 0 Å². The Morgan fingerprint density at radius 3 is 2.71 bits per heavy atom. The van der Waals surface area contributed by atoms with Crippen LogP contribution in [0.5, 0.6) is 0 Å². The summed E-state index contributed by atoms with van der Waals surface area (Å²) in [5, 5.41) is 5.63. The number of thiophene rings is 1. The molecule has 1 saturated heterocycles. The Bertz CT molecular complexity index is 655. The van der Waals surface area contributed by atoms with E-state index in [4.69, 9.17) is 11.6 Å². The minimum absolute atomic E-state index is 0.106. The van der Waals surface area contributed by atoms with E-state index in [2.05, 4.69) is 10.6 Å². The van der Waals surface area contributed by atoms with Crippen LogP contribution in [0.4, 0.5) is 4.79 Å². The van der Waals surface area contributed by atoms with E-state index in [-0.39, 0.29) is 30.8 Å². The van der Waals surface area contributed by atoms with Gasteiger partial charge in [-0.15, -0.1) is 11.3 Å². The molecular formula is C16H20ClN3O3S. The lowest BCUT2D eigenvalue weighted by Gasteiger charge is -2.30. The van der Waals surface area contributed by atoms with Crippen molar-refractivity contribution in [2.75, 3.05) is 6.54 Å². The molecule has 0 aromatic carbocycles. The van der Waals surface area contributed by atoms with E-state index in [1.807, 2.05) is 6.07 Å². The SMILES string of the molecule is O=C(CCN1C(=O)NC2(CCCCC2)C1=O)NCc1ccc(Cl)s1. The number of hydrogen-bond acceptors (Lipinski definition) is 4. The van der Waals surface area contributed by atoms with Crippen LogP contribution in [0.3, 0.4) is 0 Å². The molecule has 0 atom stereocenters. The number of halogens is 1. The molecule has 130 valence electrons. The molecular weight excluding hydrogens is 350 g/mol. The fourth-order valence-corrected chi connectivity index (χ4v) is 4.33. The van der Waals surface area contributed by atoms with Crippen LogP contribution < -0.4 is 10.6 Å². The Morgan fingerprint density at radius 2 is 2.04 bits per heavy atom. The predicted molar refractivity (Wildman–Crippen MR) is 91.9 cm³/mol. The molecule has 1 aliphatic heterocycles. The number of carbonyl (C=O) groups is 3. The van der Waals surface area contributed by atoms with Crippen molar-refractivity contribution in [3.05, 3.63) is 21.3 Å². The Balaban J connectivity index is 1.49. The van der Waals surface area contributed by atoms with Gasteiger partial charge >= 0.3 is 6.03 Å². The third kappa shape index (κ3) is 3.57. The molecule has 8 heteroatoms.